The van der Waals surface area contributed by atoms with E-state index < -0.39 is 0 Å². The van der Waals surface area contributed by atoms with Crippen molar-refractivity contribution in [1.82, 2.24) is 0 Å². The standard InChI is InChI=1S/C21H26O3/c1-13(22)24-20-9-8-19-18-6-4-14-12-15(23-3)5-7-16(14)17(18)10-11-21(19,20)2/h5,7,10,12,18-20H,4,6,8-9,11H2,1-3H3/t18-,19+,20-,21+/m1/s1/i12+2. The second-order valence-corrected chi connectivity index (χ2v) is 7.82. The van der Waals surface area contributed by atoms with Gasteiger partial charge < -0.3 is 9.47 Å². The second-order valence-electron chi connectivity index (χ2n) is 7.82. The maximum absolute atomic E-state index is 11.5. The molecule has 0 spiro atoms. The van der Waals surface area contributed by atoms with Gasteiger partial charge in [-0.15, -0.1) is 0 Å². The molecule has 4 rings (SSSR count). The first-order valence-corrected chi connectivity index (χ1v) is 9.07. The van der Waals surface area contributed by atoms with E-state index in [0.717, 1.165) is 25.0 Å². The number of carbonyl (C=O) groups is 1. The van der Waals surface area contributed by atoms with Crippen LogP contribution in [0.2, 0.25) is 0 Å². The Hall–Kier alpha value is -1.77. The van der Waals surface area contributed by atoms with Gasteiger partial charge in [0.25, 0.3) is 0 Å². The highest BCUT2D eigenvalue weighted by Gasteiger charge is 2.53. The number of fused-ring (bicyclic) bond motifs is 5. The summed E-state index contributed by atoms with van der Waals surface area (Å²) < 4.78 is 11.1. The van der Waals surface area contributed by atoms with Crippen molar-refractivity contribution >= 4 is 11.5 Å². The maximum atomic E-state index is 11.5. The number of hydrogen-bond acceptors (Lipinski definition) is 3. The molecule has 0 unspecified atom stereocenters. The quantitative estimate of drug-likeness (QED) is 0.755. The van der Waals surface area contributed by atoms with Gasteiger partial charge in [0.15, 0.2) is 0 Å². The van der Waals surface area contributed by atoms with Crippen LogP contribution in [0, 0.1) is 17.3 Å². The fourth-order valence-corrected chi connectivity index (χ4v) is 5.43. The molecule has 0 bridgehead atoms. The average Bonchev–Trinajstić information content (AvgIpc) is 2.90. The van der Waals surface area contributed by atoms with Gasteiger partial charge >= 0.3 is 5.97 Å². The number of hydrogen-bond donors (Lipinski definition) is 0. The van der Waals surface area contributed by atoms with Gasteiger partial charge in [0.05, 0.1) is 7.11 Å². The van der Waals surface area contributed by atoms with E-state index in [4.69, 9.17) is 9.47 Å². The zero-order valence-corrected chi connectivity index (χ0v) is 14.8. The van der Waals surface area contributed by atoms with Gasteiger partial charge in [-0.3, -0.25) is 4.79 Å². The second kappa shape index (κ2) is 5.65. The maximum Gasteiger partial charge on any atom is 0.302 e. The summed E-state index contributed by atoms with van der Waals surface area (Å²) in [5, 5.41) is 0. The predicted molar refractivity (Wildman–Crippen MR) is 93.8 cm³/mol. The topological polar surface area (TPSA) is 35.5 Å². The number of ether oxygens (including phenoxy) is 2. The predicted octanol–water partition coefficient (Wildman–Crippen LogP) is 4.39. The molecule has 1 aromatic rings. The molecule has 0 amide bonds. The van der Waals surface area contributed by atoms with Crippen molar-refractivity contribution in [2.75, 3.05) is 7.11 Å². The van der Waals surface area contributed by atoms with Crippen LogP contribution in [0.15, 0.2) is 24.3 Å². The summed E-state index contributed by atoms with van der Waals surface area (Å²) in [5.41, 5.74) is 4.44. The third-order valence-electron chi connectivity index (χ3n) is 6.63. The summed E-state index contributed by atoms with van der Waals surface area (Å²) in [6.07, 6.45) is 7.99. The lowest BCUT2D eigenvalue weighted by atomic mass is 9.60. The van der Waals surface area contributed by atoms with Crippen molar-refractivity contribution in [3.8, 4) is 5.75 Å². The number of allylic oxidation sites excluding steroid dienone is 2. The molecular weight excluding hydrogens is 302 g/mol. The summed E-state index contributed by atoms with van der Waals surface area (Å²) in [6.45, 7) is 3.86. The highest BCUT2D eigenvalue weighted by Crippen LogP contribution is 2.59. The van der Waals surface area contributed by atoms with Crippen LogP contribution in [0.25, 0.3) is 5.57 Å². The van der Waals surface area contributed by atoms with Crippen molar-refractivity contribution in [2.45, 2.75) is 52.1 Å². The molecule has 1 aromatic carbocycles. The van der Waals surface area contributed by atoms with E-state index in [1.54, 1.807) is 7.11 Å². The first-order valence-electron chi connectivity index (χ1n) is 9.07. The lowest BCUT2D eigenvalue weighted by Gasteiger charge is -2.46. The van der Waals surface area contributed by atoms with Crippen molar-refractivity contribution < 1.29 is 14.3 Å². The van der Waals surface area contributed by atoms with E-state index in [0.29, 0.717) is 11.8 Å². The lowest BCUT2D eigenvalue weighted by Crippen LogP contribution is -2.41. The Morgan fingerprint density at radius 2 is 2.12 bits per heavy atom. The Morgan fingerprint density at radius 1 is 1.29 bits per heavy atom. The summed E-state index contributed by atoms with van der Waals surface area (Å²) in [4.78, 5) is 11.5. The molecule has 0 saturated heterocycles. The zero-order valence-electron chi connectivity index (χ0n) is 14.8. The Bertz CT molecular complexity index is 705. The monoisotopic (exact) mass is 328 g/mol. The Labute approximate surface area is 144 Å². The van der Waals surface area contributed by atoms with Crippen molar-refractivity contribution in [3.05, 3.63) is 35.4 Å². The van der Waals surface area contributed by atoms with Crippen LogP contribution in [0.3, 0.4) is 0 Å². The minimum absolute atomic E-state index is 0.0788. The number of aryl methyl sites for hydroxylation is 1. The molecule has 128 valence electrons. The Balaban J connectivity index is 1.68. The molecule has 0 N–H and O–H groups in total. The third-order valence-corrected chi connectivity index (χ3v) is 6.63. The summed E-state index contributed by atoms with van der Waals surface area (Å²) in [7, 11) is 1.73. The molecule has 1 saturated carbocycles. The third kappa shape index (κ3) is 2.28. The minimum atomic E-state index is -0.141. The number of methoxy groups -OCH3 is 1. The molecular formula is C21H26O3. The summed E-state index contributed by atoms with van der Waals surface area (Å²) in [5.74, 6) is 2.03. The molecule has 24 heavy (non-hydrogen) atoms. The summed E-state index contributed by atoms with van der Waals surface area (Å²) in [6, 6.07) is 6.50. The van der Waals surface area contributed by atoms with E-state index in [1.807, 2.05) is 0 Å². The van der Waals surface area contributed by atoms with Crippen LogP contribution < -0.4 is 4.74 Å². The van der Waals surface area contributed by atoms with Crippen molar-refractivity contribution in [3.63, 3.8) is 0 Å². The molecule has 3 aliphatic carbocycles. The van der Waals surface area contributed by atoms with Gasteiger partial charge in [-0.2, -0.15) is 0 Å². The minimum Gasteiger partial charge on any atom is -0.497 e. The van der Waals surface area contributed by atoms with E-state index in [1.165, 1.54) is 36.5 Å². The van der Waals surface area contributed by atoms with Gasteiger partial charge in [-0.05, 0) is 72.8 Å². The van der Waals surface area contributed by atoms with Crippen LogP contribution in [0.4, 0.5) is 0 Å². The number of esters is 1. The first kappa shape index (κ1) is 15.7. The van der Waals surface area contributed by atoms with Crippen LogP contribution in [0.1, 0.15) is 50.7 Å². The molecule has 4 atom stereocenters. The van der Waals surface area contributed by atoms with E-state index in [9.17, 15) is 4.79 Å². The number of carbonyl (C=O) groups excluding carboxylic acids is 1. The Morgan fingerprint density at radius 3 is 2.88 bits per heavy atom. The van der Waals surface area contributed by atoms with Crippen LogP contribution in [-0.2, 0) is 16.0 Å². The average molecular weight is 328 g/mol. The molecule has 0 heterocycles. The number of benzene rings is 1. The van der Waals surface area contributed by atoms with Gasteiger partial charge in [-0.25, -0.2) is 0 Å². The fourth-order valence-electron chi connectivity index (χ4n) is 5.43. The van der Waals surface area contributed by atoms with Gasteiger partial charge in [-0.1, -0.05) is 19.1 Å². The zero-order chi connectivity index (χ0) is 16.9. The highest BCUT2D eigenvalue weighted by atomic mass is 16.5. The van der Waals surface area contributed by atoms with E-state index in [-0.39, 0.29) is 17.5 Å². The highest BCUT2D eigenvalue weighted by molar-refractivity contribution is 5.74. The van der Waals surface area contributed by atoms with Crippen molar-refractivity contribution in [1.29, 1.82) is 0 Å². The molecule has 3 aliphatic rings. The fraction of sp³-hybridized carbons (Fsp3) is 0.571. The molecule has 0 radical (unpaired) electrons. The van der Waals surface area contributed by atoms with Crippen LogP contribution >= 0.6 is 0 Å². The van der Waals surface area contributed by atoms with Gasteiger partial charge in [0, 0.05) is 12.3 Å². The van der Waals surface area contributed by atoms with Gasteiger partial charge in [0.2, 0.25) is 0 Å². The van der Waals surface area contributed by atoms with E-state index in [2.05, 4.69) is 31.2 Å². The normalized spacial score (nSPS) is 33.8. The molecule has 0 aromatic heterocycles. The van der Waals surface area contributed by atoms with Crippen LogP contribution in [-0.4, -0.2) is 19.2 Å². The van der Waals surface area contributed by atoms with Crippen LogP contribution in [0.5, 0.6) is 5.75 Å². The molecule has 1 fully saturated rings. The van der Waals surface area contributed by atoms with Crippen molar-refractivity contribution in [2.24, 2.45) is 17.3 Å². The molecule has 3 heteroatoms. The number of rotatable bonds is 2. The Kier molecular flexibility index (Phi) is 3.70. The summed E-state index contributed by atoms with van der Waals surface area (Å²) >= 11 is 0. The van der Waals surface area contributed by atoms with Gasteiger partial charge in [0.1, 0.15) is 11.9 Å². The molecule has 0 aliphatic heterocycles. The smallest absolute Gasteiger partial charge is 0.302 e. The largest absolute Gasteiger partial charge is 0.497 e. The van der Waals surface area contributed by atoms with E-state index >= 15 is 0 Å². The first-order chi connectivity index (χ1) is 11.5. The lowest BCUT2D eigenvalue weighted by molar-refractivity contribution is -0.152. The molecule has 3 nitrogen and oxygen atoms in total. The SMILES string of the molecule is COc1ccc2c([14cH]1)CC[C@@H]1C2=CC[C@]2(C)[C@H](OC(C)=O)CC[C@@H]12.